The van der Waals surface area contributed by atoms with Crippen LogP contribution in [0, 0.1) is 18.8 Å². The molecule has 1 fully saturated rings. The highest BCUT2D eigenvalue weighted by Gasteiger charge is 2.25. The predicted molar refractivity (Wildman–Crippen MR) is 75.6 cm³/mol. The van der Waals surface area contributed by atoms with Gasteiger partial charge in [-0.15, -0.1) is 0 Å². The zero-order chi connectivity index (χ0) is 14.8. The second-order valence-electron chi connectivity index (χ2n) is 5.77. The maximum absolute atomic E-state index is 12.2. The van der Waals surface area contributed by atoms with E-state index in [9.17, 15) is 13.5 Å². The van der Waals surface area contributed by atoms with Gasteiger partial charge in [0.25, 0.3) is 10.0 Å². The smallest absolute Gasteiger partial charge is 0.260 e. The summed E-state index contributed by atoms with van der Waals surface area (Å²) in [5.74, 6) is 1.15. The fourth-order valence-corrected chi connectivity index (χ4v) is 3.97. The summed E-state index contributed by atoms with van der Waals surface area (Å²) in [5, 5.41) is 15.6. The monoisotopic (exact) mass is 301 g/mol. The van der Waals surface area contributed by atoms with Gasteiger partial charge in [-0.2, -0.15) is 5.10 Å². The molecule has 0 bridgehead atoms. The Balaban J connectivity index is 2.00. The van der Waals surface area contributed by atoms with Crippen LogP contribution in [0.1, 0.15) is 43.9 Å². The van der Waals surface area contributed by atoms with Gasteiger partial charge in [0.2, 0.25) is 0 Å². The van der Waals surface area contributed by atoms with Gasteiger partial charge in [-0.1, -0.05) is 19.8 Å². The minimum atomic E-state index is -3.65. The second kappa shape index (κ2) is 6.24. The van der Waals surface area contributed by atoms with E-state index in [0.717, 1.165) is 31.6 Å². The van der Waals surface area contributed by atoms with E-state index in [1.54, 1.807) is 6.92 Å². The van der Waals surface area contributed by atoms with Crippen LogP contribution in [-0.2, 0) is 16.6 Å². The quantitative estimate of drug-likeness (QED) is 0.764. The number of hydrogen-bond donors (Lipinski definition) is 3. The Morgan fingerprint density at radius 2 is 2.00 bits per heavy atom. The molecule has 3 N–H and O–H groups in total. The topological polar surface area (TPSA) is 95.1 Å². The molecule has 0 amide bonds. The minimum Gasteiger partial charge on any atom is -0.392 e. The molecule has 0 aliphatic heterocycles. The molecule has 0 saturated heterocycles. The molecule has 1 aliphatic rings. The van der Waals surface area contributed by atoms with E-state index in [0.29, 0.717) is 23.7 Å². The van der Waals surface area contributed by atoms with E-state index >= 15 is 0 Å². The Kier molecular flexibility index (Phi) is 4.82. The van der Waals surface area contributed by atoms with E-state index in [1.165, 1.54) is 0 Å². The Morgan fingerprint density at radius 1 is 1.35 bits per heavy atom. The third-order valence-corrected chi connectivity index (χ3v) is 5.54. The average molecular weight is 301 g/mol. The van der Waals surface area contributed by atoms with E-state index in [1.807, 2.05) is 0 Å². The van der Waals surface area contributed by atoms with Gasteiger partial charge in [0.1, 0.15) is 0 Å². The zero-order valence-corrected chi connectivity index (χ0v) is 12.8. The van der Waals surface area contributed by atoms with Gasteiger partial charge in [0.15, 0.2) is 5.03 Å². The molecule has 7 heteroatoms. The fraction of sp³-hybridized carbons (Fsp3) is 0.769. The number of nitrogens with zero attached hydrogens (tertiary/aromatic N) is 1. The molecular formula is C13H23N3O3S. The average Bonchev–Trinajstić information content (AvgIpc) is 2.80. The standard InChI is InChI=1S/C13H23N3O3S/c1-9-3-5-11(6-4-9)7-14-20(18,19)13-12(8-17)10(2)15-16-13/h9,11,14,17H,3-8H2,1-2H3,(H,15,16). The number of aliphatic hydroxyl groups excluding tert-OH is 1. The Bertz CT molecular complexity index is 545. The summed E-state index contributed by atoms with van der Waals surface area (Å²) in [6.07, 6.45) is 4.46. The molecule has 0 aromatic carbocycles. The van der Waals surface area contributed by atoms with Crippen molar-refractivity contribution in [1.29, 1.82) is 0 Å². The molecule has 6 nitrogen and oxygen atoms in total. The van der Waals surface area contributed by atoms with Crippen LogP contribution in [-0.4, -0.2) is 30.3 Å². The molecule has 114 valence electrons. The molecule has 1 aliphatic carbocycles. The number of aryl methyl sites for hydroxylation is 1. The maximum atomic E-state index is 12.2. The van der Waals surface area contributed by atoms with Crippen molar-refractivity contribution in [2.45, 2.75) is 51.2 Å². The lowest BCUT2D eigenvalue weighted by atomic mass is 9.83. The summed E-state index contributed by atoms with van der Waals surface area (Å²) in [5.41, 5.74) is 0.925. The van der Waals surface area contributed by atoms with Crippen LogP contribution in [0.15, 0.2) is 5.03 Å². The van der Waals surface area contributed by atoms with E-state index in [-0.39, 0.29) is 11.6 Å². The number of nitrogens with one attached hydrogen (secondary N) is 2. The van der Waals surface area contributed by atoms with Crippen molar-refractivity contribution in [3.8, 4) is 0 Å². The highest BCUT2D eigenvalue weighted by molar-refractivity contribution is 7.89. The van der Waals surface area contributed by atoms with Crippen LogP contribution in [0.4, 0.5) is 0 Å². The van der Waals surface area contributed by atoms with Crippen molar-refractivity contribution >= 4 is 10.0 Å². The molecular weight excluding hydrogens is 278 g/mol. The van der Waals surface area contributed by atoms with Gasteiger partial charge in [-0.05, 0) is 31.6 Å². The Labute approximate surface area is 120 Å². The molecule has 0 radical (unpaired) electrons. The van der Waals surface area contributed by atoms with E-state index < -0.39 is 10.0 Å². The largest absolute Gasteiger partial charge is 0.392 e. The molecule has 0 spiro atoms. The van der Waals surface area contributed by atoms with Gasteiger partial charge >= 0.3 is 0 Å². The van der Waals surface area contributed by atoms with Crippen molar-refractivity contribution in [1.82, 2.24) is 14.9 Å². The number of hydrogen-bond acceptors (Lipinski definition) is 4. The lowest BCUT2D eigenvalue weighted by molar-refractivity contribution is 0.277. The third kappa shape index (κ3) is 3.39. The number of H-pyrrole nitrogens is 1. The van der Waals surface area contributed by atoms with Gasteiger partial charge in [0, 0.05) is 17.8 Å². The minimum absolute atomic E-state index is 0.0818. The molecule has 20 heavy (non-hydrogen) atoms. The molecule has 2 rings (SSSR count). The van der Waals surface area contributed by atoms with Crippen molar-refractivity contribution in [3.63, 3.8) is 0 Å². The Morgan fingerprint density at radius 3 is 2.60 bits per heavy atom. The highest BCUT2D eigenvalue weighted by atomic mass is 32.2. The molecule has 1 saturated carbocycles. The van der Waals surface area contributed by atoms with Gasteiger partial charge in [-0.3, -0.25) is 5.10 Å². The van der Waals surface area contributed by atoms with Crippen LogP contribution in [0.25, 0.3) is 0 Å². The number of sulfonamides is 1. The second-order valence-corrected chi connectivity index (χ2v) is 7.45. The number of aliphatic hydroxyl groups is 1. The van der Waals surface area contributed by atoms with Gasteiger partial charge in [0.05, 0.1) is 6.61 Å². The maximum Gasteiger partial charge on any atom is 0.260 e. The fourth-order valence-electron chi connectivity index (χ4n) is 2.67. The first-order chi connectivity index (χ1) is 9.44. The van der Waals surface area contributed by atoms with Gasteiger partial charge < -0.3 is 5.11 Å². The first kappa shape index (κ1) is 15.5. The highest BCUT2D eigenvalue weighted by Crippen LogP contribution is 2.28. The summed E-state index contributed by atoms with van der Waals surface area (Å²) >= 11 is 0. The first-order valence-electron chi connectivity index (χ1n) is 7.08. The lowest BCUT2D eigenvalue weighted by Gasteiger charge is -2.26. The molecule has 0 unspecified atom stereocenters. The normalized spacial score (nSPS) is 23.9. The van der Waals surface area contributed by atoms with E-state index in [4.69, 9.17) is 0 Å². The molecule has 1 aromatic rings. The van der Waals surface area contributed by atoms with Gasteiger partial charge in [-0.25, -0.2) is 13.1 Å². The van der Waals surface area contributed by atoms with Crippen LogP contribution < -0.4 is 4.72 Å². The van der Waals surface area contributed by atoms with Crippen LogP contribution in [0.3, 0.4) is 0 Å². The zero-order valence-electron chi connectivity index (χ0n) is 12.0. The Hall–Kier alpha value is -0.920. The van der Waals surface area contributed by atoms with Crippen LogP contribution in [0.2, 0.25) is 0 Å². The van der Waals surface area contributed by atoms with Crippen molar-refractivity contribution < 1.29 is 13.5 Å². The van der Waals surface area contributed by atoms with Crippen molar-refractivity contribution in [2.24, 2.45) is 11.8 Å². The number of aromatic nitrogens is 2. The summed E-state index contributed by atoms with van der Waals surface area (Å²) in [6, 6.07) is 0. The first-order valence-corrected chi connectivity index (χ1v) is 8.56. The SMILES string of the molecule is Cc1[nH]nc(S(=O)(=O)NCC2CCC(C)CC2)c1CO. The van der Waals surface area contributed by atoms with Crippen LogP contribution >= 0.6 is 0 Å². The third-order valence-electron chi connectivity index (χ3n) is 4.15. The molecule has 1 aromatic heterocycles. The lowest BCUT2D eigenvalue weighted by Crippen LogP contribution is -2.31. The predicted octanol–water partition coefficient (Wildman–Crippen LogP) is 1.32. The van der Waals surface area contributed by atoms with Crippen molar-refractivity contribution in [3.05, 3.63) is 11.3 Å². The molecule has 1 heterocycles. The number of aromatic amines is 1. The van der Waals surface area contributed by atoms with E-state index in [2.05, 4.69) is 21.8 Å². The number of rotatable bonds is 5. The van der Waals surface area contributed by atoms with Crippen LogP contribution in [0.5, 0.6) is 0 Å². The summed E-state index contributed by atoms with van der Waals surface area (Å²) in [7, 11) is -3.65. The summed E-state index contributed by atoms with van der Waals surface area (Å²) < 4.78 is 27.1. The summed E-state index contributed by atoms with van der Waals surface area (Å²) in [6.45, 7) is 4.05. The van der Waals surface area contributed by atoms with Crippen molar-refractivity contribution in [2.75, 3.05) is 6.54 Å². The molecule has 0 atom stereocenters. The summed E-state index contributed by atoms with van der Waals surface area (Å²) in [4.78, 5) is 0.